The molecule has 3 heteroatoms. The van der Waals surface area contributed by atoms with Gasteiger partial charge >= 0.3 is 0 Å². The lowest BCUT2D eigenvalue weighted by Crippen LogP contribution is -2.38. The molecule has 0 aliphatic heterocycles. The van der Waals surface area contributed by atoms with E-state index in [1.165, 1.54) is 57.8 Å². The van der Waals surface area contributed by atoms with Crippen molar-refractivity contribution >= 4 is 11.2 Å². The predicted octanol–water partition coefficient (Wildman–Crippen LogP) is 4.96. The minimum atomic E-state index is -0.799. The van der Waals surface area contributed by atoms with Crippen LogP contribution < -0.4 is 0 Å². The molecule has 0 bridgehead atoms. The Labute approximate surface area is 135 Å². The first-order chi connectivity index (χ1) is 10.3. The summed E-state index contributed by atoms with van der Waals surface area (Å²) in [4.78, 5) is 0. The summed E-state index contributed by atoms with van der Waals surface area (Å²) >= 11 is -0.799. The average molecular weight is 317 g/mol. The zero-order valence-corrected chi connectivity index (χ0v) is 14.8. The van der Waals surface area contributed by atoms with Crippen LogP contribution in [0.25, 0.3) is 0 Å². The topological polar surface area (TPSA) is 43.3 Å². The molecular weight excluding hydrogens is 280 g/mol. The minimum Gasteiger partial charge on any atom is -0.616 e. The number of hydrogen-bond donors (Lipinski definition) is 1. The molecule has 1 unspecified atom stereocenters. The Morgan fingerprint density at radius 1 is 0.857 bits per heavy atom. The van der Waals surface area contributed by atoms with Gasteiger partial charge in [0, 0.05) is 0 Å². The van der Waals surface area contributed by atoms with Gasteiger partial charge in [-0.1, -0.05) is 64.7 Å². The fraction of sp³-hybridized carbons (Fsp3) is 1.00. The fourth-order valence-corrected chi connectivity index (χ4v) is 4.97. The number of rotatable bonds is 12. The van der Waals surface area contributed by atoms with Crippen LogP contribution in [0.2, 0.25) is 0 Å². The lowest BCUT2D eigenvalue weighted by Gasteiger charge is -2.29. The van der Waals surface area contributed by atoms with Gasteiger partial charge in [-0.25, -0.2) is 0 Å². The number of unbranched alkanes of at least 4 members (excludes halogenated alkanes) is 9. The minimum absolute atomic E-state index is 0.0670. The molecule has 0 radical (unpaired) electrons. The molecule has 1 saturated carbocycles. The smallest absolute Gasteiger partial charge is 0.141 e. The summed E-state index contributed by atoms with van der Waals surface area (Å²) < 4.78 is 12.2. The Balaban J connectivity index is 1.89. The van der Waals surface area contributed by atoms with E-state index >= 15 is 0 Å². The van der Waals surface area contributed by atoms with Crippen molar-refractivity contribution in [3.05, 3.63) is 0 Å². The van der Waals surface area contributed by atoms with Gasteiger partial charge < -0.3 is 9.66 Å². The Morgan fingerprint density at radius 2 is 1.38 bits per heavy atom. The average Bonchev–Trinajstić information content (AvgIpc) is 2.49. The first-order valence-electron chi connectivity index (χ1n) is 9.31. The summed E-state index contributed by atoms with van der Waals surface area (Å²) in [5.74, 6) is 0.804. The van der Waals surface area contributed by atoms with E-state index in [4.69, 9.17) is 0 Å². The van der Waals surface area contributed by atoms with Crippen molar-refractivity contribution in [3.63, 3.8) is 0 Å². The maximum absolute atomic E-state index is 12.2. The first kappa shape index (κ1) is 19.3. The molecule has 1 fully saturated rings. The molecule has 126 valence electrons. The molecule has 3 atom stereocenters. The van der Waals surface area contributed by atoms with Gasteiger partial charge in [0.2, 0.25) is 0 Å². The number of aliphatic hydroxyl groups is 1. The van der Waals surface area contributed by atoms with Crippen LogP contribution in [0, 0.1) is 0 Å². The van der Waals surface area contributed by atoms with E-state index in [0.717, 1.165) is 37.9 Å². The van der Waals surface area contributed by atoms with Crippen molar-refractivity contribution in [1.82, 2.24) is 0 Å². The molecule has 1 N–H and O–H groups in total. The van der Waals surface area contributed by atoms with Gasteiger partial charge in [0.05, 0.1) is 0 Å². The van der Waals surface area contributed by atoms with Gasteiger partial charge in [0.15, 0.2) is 0 Å². The van der Waals surface area contributed by atoms with Crippen molar-refractivity contribution < 1.29 is 9.66 Å². The van der Waals surface area contributed by atoms with E-state index in [-0.39, 0.29) is 11.4 Å². The van der Waals surface area contributed by atoms with Crippen LogP contribution in [0.15, 0.2) is 0 Å². The summed E-state index contributed by atoms with van der Waals surface area (Å²) in [6, 6.07) is 0. The van der Waals surface area contributed by atoms with E-state index in [1.54, 1.807) is 0 Å². The third kappa shape index (κ3) is 9.10. The predicted molar refractivity (Wildman–Crippen MR) is 93.1 cm³/mol. The zero-order chi connectivity index (χ0) is 15.3. The largest absolute Gasteiger partial charge is 0.616 e. The first-order valence-corrected chi connectivity index (χ1v) is 10.7. The molecule has 21 heavy (non-hydrogen) atoms. The third-order valence-electron chi connectivity index (χ3n) is 4.70. The van der Waals surface area contributed by atoms with Crippen molar-refractivity contribution in [2.24, 2.45) is 0 Å². The summed E-state index contributed by atoms with van der Waals surface area (Å²) in [6.45, 7) is 2.26. The molecular formula is C18H36O2S. The normalized spacial score (nSPS) is 24.1. The molecule has 0 amide bonds. The summed E-state index contributed by atoms with van der Waals surface area (Å²) in [5, 5.41) is 9.97. The molecule has 2 nitrogen and oxygen atoms in total. The fourth-order valence-electron chi connectivity index (χ4n) is 3.27. The van der Waals surface area contributed by atoms with Crippen LogP contribution in [0.1, 0.15) is 96.8 Å². The highest BCUT2D eigenvalue weighted by atomic mass is 32.2. The van der Waals surface area contributed by atoms with Gasteiger partial charge in [-0.15, -0.1) is 0 Å². The molecule has 0 spiro atoms. The van der Waals surface area contributed by atoms with Crippen molar-refractivity contribution in [2.75, 3.05) is 5.75 Å². The van der Waals surface area contributed by atoms with Gasteiger partial charge in [-0.05, 0) is 43.3 Å². The quantitative estimate of drug-likeness (QED) is 0.408. The Kier molecular flexibility index (Phi) is 11.8. The number of aliphatic hydroxyl groups excluding tert-OH is 1. The Hall–Kier alpha value is 0.270. The van der Waals surface area contributed by atoms with Crippen molar-refractivity contribution in [1.29, 1.82) is 0 Å². The SMILES string of the molecule is CCCCCCCCCCCC[S+]([O-])[C@H]1CCCC[C@@H]1O. The molecule has 0 aromatic heterocycles. The van der Waals surface area contributed by atoms with E-state index in [0.29, 0.717) is 0 Å². The standard InChI is InChI=1S/C18H36O2S/c1-2-3-4-5-6-7-8-9-10-13-16-21(20)18-15-12-11-14-17(18)19/h17-19H,2-16H2,1H3/t17-,18-,21?/m0/s1. The highest BCUT2D eigenvalue weighted by Gasteiger charge is 2.32. The zero-order valence-electron chi connectivity index (χ0n) is 14.0. The van der Waals surface area contributed by atoms with E-state index in [1.807, 2.05) is 0 Å². The number of hydrogen-bond acceptors (Lipinski definition) is 2. The third-order valence-corrected chi connectivity index (χ3v) is 6.62. The summed E-state index contributed by atoms with van der Waals surface area (Å²) in [7, 11) is 0. The molecule has 1 aliphatic carbocycles. The Bertz CT molecular complexity index is 235. The molecule has 0 heterocycles. The van der Waals surface area contributed by atoms with E-state index in [2.05, 4.69) is 6.92 Å². The van der Waals surface area contributed by atoms with Crippen LogP contribution in [0.5, 0.6) is 0 Å². The van der Waals surface area contributed by atoms with Gasteiger partial charge in [-0.3, -0.25) is 0 Å². The maximum Gasteiger partial charge on any atom is 0.141 e. The van der Waals surface area contributed by atoms with E-state index < -0.39 is 11.2 Å². The Morgan fingerprint density at radius 3 is 1.95 bits per heavy atom. The lowest BCUT2D eigenvalue weighted by molar-refractivity contribution is 0.133. The summed E-state index contributed by atoms with van der Waals surface area (Å²) in [6.07, 6.45) is 17.0. The van der Waals surface area contributed by atoms with Crippen LogP contribution in [0.3, 0.4) is 0 Å². The van der Waals surface area contributed by atoms with Crippen molar-refractivity contribution in [3.8, 4) is 0 Å². The highest BCUT2D eigenvalue weighted by molar-refractivity contribution is 7.92. The van der Waals surface area contributed by atoms with Gasteiger partial charge in [0.25, 0.3) is 0 Å². The second kappa shape index (κ2) is 12.8. The molecule has 0 saturated heterocycles. The second-order valence-corrected chi connectivity index (χ2v) is 8.43. The molecule has 0 aromatic rings. The van der Waals surface area contributed by atoms with Gasteiger partial charge in [0.1, 0.15) is 17.1 Å². The summed E-state index contributed by atoms with van der Waals surface area (Å²) in [5.41, 5.74) is 0. The molecule has 1 aliphatic rings. The monoisotopic (exact) mass is 316 g/mol. The van der Waals surface area contributed by atoms with Gasteiger partial charge in [-0.2, -0.15) is 0 Å². The molecule has 1 rings (SSSR count). The highest BCUT2D eigenvalue weighted by Crippen LogP contribution is 2.25. The van der Waals surface area contributed by atoms with Crippen LogP contribution >= 0.6 is 0 Å². The van der Waals surface area contributed by atoms with Crippen LogP contribution in [-0.4, -0.2) is 26.8 Å². The van der Waals surface area contributed by atoms with Crippen molar-refractivity contribution in [2.45, 2.75) is 108 Å². The second-order valence-electron chi connectivity index (χ2n) is 6.66. The van der Waals surface area contributed by atoms with E-state index in [9.17, 15) is 9.66 Å². The molecule has 0 aromatic carbocycles. The lowest BCUT2D eigenvalue weighted by atomic mass is 9.97. The van der Waals surface area contributed by atoms with Crippen LogP contribution in [0.4, 0.5) is 0 Å². The van der Waals surface area contributed by atoms with Crippen LogP contribution in [-0.2, 0) is 11.2 Å². The maximum atomic E-state index is 12.2.